The Labute approximate surface area is 103 Å². The summed E-state index contributed by atoms with van der Waals surface area (Å²) in [5.74, 6) is 6.31. The van der Waals surface area contributed by atoms with Crippen LogP contribution in [0.25, 0.3) is 0 Å². The first-order valence-corrected chi connectivity index (χ1v) is 6.33. The first kappa shape index (κ1) is 12.5. The van der Waals surface area contributed by atoms with Crippen LogP contribution in [0.15, 0.2) is 24.5 Å². The van der Waals surface area contributed by atoms with Crippen molar-refractivity contribution in [2.24, 2.45) is 11.8 Å². The number of nitrogens with two attached hydrogens (primary N) is 1. The van der Waals surface area contributed by atoms with Crippen LogP contribution in [0.2, 0.25) is 0 Å². The molecule has 0 aliphatic carbocycles. The van der Waals surface area contributed by atoms with Gasteiger partial charge in [-0.15, -0.1) is 0 Å². The highest BCUT2D eigenvalue weighted by atomic mass is 16.5. The van der Waals surface area contributed by atoms with Gasteiger partial charge in [0.2, 0.25) is 0 Å². The number of hydrogen-bond donors (Lipinski definition) is 2. The van der Waals surface area contributed by atoms with Gasteiger partial charge >= 0.3 is 0 Å². The second kappa shape index (κ2) is 6.69. The zero-order chi connectivity index (χ0) is 11.9. The van der Waals surface area contributed by atoms with Gasteiger partial charge in [-0.2, -0.15) is 0 Å². The van der Waals surface area contributed by atoms with E-state index >= 15 is 0 Å². The standard InChI is InChI=1S/C13H21N3O/c14-16-13(12-5-8-17-9-6-12)4-3-11-2-1-7-15-10-11/h1-2,7,10,12-13,16H,3-6,8-9,14H2. The molecule has 4 nitrogen and oxygen atoms in total. The summed E-state index contributed by atoms with van der Waals surface area (Å²) in [5, 5.41) is 0. The van der Waals surface area contributed by atoms with Crippen molar-refractivity contribution in [1.82, 2.24) is 10.4 Å². The lowest BCUT2D eigenvalue weighted by molar-refractivity contribution is 0.0526. The van der Waals surface area contributed by atoms with E-state index in [0.717, 1.165) is 38.9 Å². The van der Waals surface area contributed by atoms with Crippen LogP contribution in [0, 0.1) is 5.92 Å². The molecule has 17 heavy (non-hydrogen) atoms. The van der Waals surface area contributed by atoms with Crippen molar-refractivity contribution in [3.05, 3.63) is 30.1 Å². The number of aromatic nitrogens is 1. The molecule has 0 aromatic carbocycles. The second-order valence-corrected chi connectivity index (χ2v) is 4.62. The summed E-state index contributed by atoms with van der Waals surface area (Å²) in [7, 11) is 0. The Morgan fingerprint density at radius 1 is 1.47 bits per heavy atom. The number of rotatable bonds is 5. The van der Waals surface area contributed by atoms with Crippen LogP contribution in [0.3, 0.4) is 0 Å². The maximum Gasteiger partial charge on any atom is 0.0469 e. The molecule has 0 amide bonds. The molecule has 0 saturated carbocycles. The monoisotopic (exact) mass is 235 g/mol. The highest BCUT2D eigenvalue weighted by Crippen LogP contribution is 2.21. The topological polar surface area (TPSA) is 60.2 Å². The van der Waals surface area contributed by atoms with Crippen LogP contribution in [0.4, 0.5) is 0 Å². The zero-order valence-electron chi connectivity index (χ0n) is 10.1. The van der Waals surface area contributed by atoms with Gasteiger partial charge in [0.25, 0.3) is 0 Å². The average Bonchev–Trinajstić information content (AvgIpc) is 2.42. The van der Waals surface area contributed by atoms with Gasteiger partial charge in [0.15, 0.2) is 0 Å². The second-order valence-electron chi connectivity index (χ2n) is 4.62. The summed E-state index contributed by atoms with van der Waals surface area (Å²) in [5.41, 5.74) is 4.24. The molecule has 1 atom stereocenters. The van der Waals surface area contributed by atoms with Crippen LogP contribution in [-0.4, -0.2) is 24.2 Å². The normalized spacial score (nSPS) is 19.1. The van der Waals surface area contributed by atoms with Crippen LogP contribution >= 0.6 is 0 Å². The smallest absolute Gasteiger partial charge is 0.0469 e. The molecular formula is C13H21N3O. The molecule has 0 bridgehead atoms. The van der Waals surface area contributed by atoms with E-state index in [-0.39, 0.29) is 0 Å². The predicted molar refractivity (Wildman–Crippen MR) is 67.2 cm³/mol. The molecule has 0 radical (unpaired) electrons. The summed E-state index contributed by atoms with van der Waals surface area (Å²) < 4.78 is 5.38. The first-order chi connectivity index (χ1) is 8.40. The fourth-order valence-corrected chi connectivity index (χ4v) is 2.44. The average molecular weight is 235 g/mol. The Morgan fingerprint density at radius 3 is 2.94 bits per heavy atom. The van der Waals surface area contributed by atoms with Gasteiger partial charge in [-0.05, 0) is 43.2 Å². The van der Waals surface area contributed by atoms with Gasteiger partial charge in [0, 0.05) is 31.6 Å². The zero-order valence-corrected chi connectivity index (χ0v) is 10.1. The number of pyridine rings is 1. The van der Waals surface area contributed by atoms with Gasteiger partial charge < -0.3 is 4.74 Å². The van der Waals surface area contributed by atoms with E-state index in [2.05, 4.69) is 16.5 Å². The molecule has 1 unspecified atom stereocenters. The van der Waals surface area contributed by atoms with Crippen LogP contribution in [0.1, 0.15) is 24.8 Å². The van der Waals surface area contributed by atoms with Gasteiger partial charge in [-0.25, -0.2) is 0 Å². The van der Waals surface area contributed by atoms with Crippen molar-refractivity contribution in [1.29, 1.82) is 0 Å². The molecule has 3 N–H and O–H groups in total. The molecule has 1 aromatic heterocycles. The van der Waals surface area contributed by atoms with Crippen LogP contribution in [-0.2, 0) is 11.2 Å². The van der Waals surface area contributed by atoms with E-state index in [1.807, 2.05) is 12.3 Å². The molecule has 1 fully saturated rings. The van der Waals surface area contributed by atoms with E-state index in [1.165, 1.54) is 5.56 Å². The number of aryl methyl sites for hydroxylation is 1. The third-order valence-electron chi connectivity index (χ3n) is 3.52. The van der Waals surface area contributed by atoms with Gasteiger partial charge in [0.1, 0.15) is 0 Å². The van der Waals surface area contributed by atoms with Crippen LogP contribution < -0.4 is 11.3 Å². The van der Waals surface area contributed by atoms with Crippen molar-refractivity contribution in [3.63, 3.8) is 0 Å². The number of nitrogens with zero attached hydrogens (tertiary/aromatic N) is 1. The van der Waals surface area contributed by atoms with Crippen LogP contribution in [0.5, 0.6) is 0 Å². The number of hydrogen-bond acceptors (Lipinski definition) is 4. The van der Waals surface area contributed by atoms with Crippen molar-refractivity contribution >= 4 is 0 Å². The van der Waals surface area contributed by atoms with Crippen molar-refractivity contribution in [3.8, 4) is 0 Å². The summed E-state index contributed by atoms with van der Waals surface area (Å²) in [4.78, 5) is 4.13. The molecule has 1 aliphatic rings. The van der Waals surface area contributed by atoms with E-state index in [4.69, 9.17) is 10.6 Å². The minimum atomic E-state index is 0.388. The molecule has 1 aliphatic heterocycles. The molecule has 1 saturated heterocycles. The van der Waals surface area contributed by atoms with Gasteiger partial charge in [-0.1, -0.05) is 6.07 Å². The number of hydrazine groups is 1. The molecular weight excluding hydrogens is 214 g/mol. The maximum atomic E-state index is 5.66. The van der Waals surface area contributed by atoms with Crippen molar-refractivity contribution in [2.75, 3.05) is 13.2 Å². The Kier molecular flexibility index (Phi) is 4.91. The molecule has 4 heteroatoms. The molecule has 94 valence electrons. The van der Waals surface area contributed by atoms with Crippen molar-refractivity contribution < 1.29 is 4.74 Å². The summed E-state index contributed by atoms with van der Waals surface area (Å²) >= 11 is 0. The fourth-order valence-electron chi connectivity index (χ4n) is 2.44. The number of nitrogens with one attached hydrogen (secondary N) is 1. The predicted octanol–water partition coefficient (Wildman–Crippen LogP) is 1.27. The highest BCUT2D eigenvalue weighted by molar-refractivity contribution is 5.08. The molecule has 2 rings (SSSR count). The lowest BCUT2D eigenvalue weighted by Gasteiger charge is -2.29. The van der Waals surface area contributed by atoms with E-state index < -0.39 is 0 Å². The maximum absolute atomic E-state index is 5.66. The summed E-state index contributed by atoms with van der Waals surface area (Å²) in [6.07, 6.45) is 8.05. The third kappa shape index (κ3) is 3.77. The lowest BCUT2D eigenvalue weighted by atomic mass is 9.88. The minimum absolute atomic E-state index is 0.388. The van der Waals surface area contributed by atoms with E-state index in [1.54, 1.807) is 6.20 Å². The lowest BCUT2D eigenvalue weighted by Crippen LogP contribution is -2.43. The van der Waals surface area contributed by atoms with E-state index in [9.17, 15) is 0 Å². The molecule has 0 spiro atoms. The Balaban J connectivity index is 1.82. The summed E-state index contributed by atoms with van der Waals surface area (Å²) in [6.45, 7) is 1.74. The largest absolute Gasteiger partial charge is 0.381 e. The quantitative estimate of drug-likeness (QED) is 0.596. The SMILES string of the molecule is NNC(CCc1cccnc1)C1CCOCC1. The first-order valence-electron chi connectivity index (χ1n) is 6.33. The van der Waals surface area contributed by atoms with Gasteiger partial charge in [-0.3, -0.25) is 16.3 Å². The Bertz CT molecular complexity index is 312. The summed E-state index contributed by atoms with van der Waals surface area (Å²) in [6, 6.07) is 4.48. The fraction of sp³-hybridized carbons (Fsp3) is 0.615. The third-order valence-corrected chi connectivity index (χ3v) is 3.52. The highest BCUT2D eigenvalue weighted by Gasteiger charge is 2.22. The molecule has 2 heterocycles. The van der Waals surface area contributed by atoms with Crippen molar-refractivity contribution in [2.45, 2.75) is 31.7 Å². The van der Waals surface area contributed by atoms with Gasteiger partial charge in [0.05, 0.1) is 0 Å². The Hall–Kier alpha value is -0.970. The number of ether oxygens (including phenoxy) is 1. The Morgan fingerprint density at radius 2 is 2.29 bits per heavy atom. The minimum Gasteiger partial charge on any atom is -0.381 e. The molecule has 1 aromatic rings. The van der Waals surface area contributed by atoms with E-state index in [0.29, 0.717) is 12.0 Å².